The van der Waals surface area contributed by atoms with Crippen molar-refractivity contribution in [3.8, 4) is 22.3 Å². The Morgan fingerprint density at radius 1 is 0.650 bits per heavy atom. The lowest BCUT2D eigenvalue weighted by Crippen LogP contribution is -2.48. The van der Waals surface area contributed by atoms with Crippen LogP contribution < -0.4 is 0 Å². The molecule has 0 saturated heterocycles. The minimum Gasteiger partial charge on any atom is -0.292 e. The van der Waals surface area contributed by atoms with Gasteiger partial charge in [-0.25, -0.2) is 9.59 Å². The van der Waals surface area contributed by atoms with Crippen LogP contribution in [0.1, 0.15) is 53.8 Å². The summed E-state index contributed by atoms with van der Waals surface area (Å²) in [6.07, 6.45) is 1.40. The molecule has 1 aliphatic carbocycles. The molecule has 1 aliphatic rings. The highest BCUT2D eigenvalue weighted by Gasteiger charge is 2.45. The van der Waals surface area contributed by atoms with Crippen molar-refractivity contribution in [2.75, 3.05) is 0 Å². The van der Waals surface area contributed by atoms with E-state index in [1.807, 2.05) is 84.9 Å². The lowest BCUT2D eigenvalue weighted by molar-refractivity contribution is -0.388. The summed E-state index contributed by atoms with van der Waals surface area (Å²) in [6, 6.07) is 34.1. The van der Waals surface area contributed by atoms with Crippen LogP contribution in [0, 0.1) is 5.92 Å². The van der Waals surface area contributed by atoms with E-state index in [2.05, 4.69) is 6.92 Å². The molecule has 0 heterocycles. The SMILES string of the molecule is CC1CCC(C)(OOC(=O)c2ccc(-c3ccccc3)cc2)C(OOC(=O)c2ccc(-c3ccccc3)cc2)C1. The van der Waals surface area contributed by atoms with Gasteiger partial charge in [-0.05, 0) is 78.6 Å². The van der Waals surface area contributed by atoms with Crippen LogP contribution in [0.3, 0.4) is 0 Å². The molecule has 3 atom stereocenters. The quantitative estimate of drug-likeness (QED) is 0.169. The van der Waals surface area contributed by atoms with E-state index in [0.717, 1.165) is 28.7 Å². The fourth-order valence-corrected chi connectivity index (χ4v) is 4.85. The molecule has 204 valence electrons. The third-order valence-corrected chi connectivity index (χ3v) is 7.43. The van der Waals surface area contributed by atoms with Gasteiger partial charge in [-0.3, -0.25) is 9.78 Å². The topological polar surface area (TPSA) is 71.1 Å². The third kappa shape index (κ3) is 6.47. The standard InChI is InChI=1S/C34H32O6/c1-24-21-22-34(2,40-39-33(36)30-19-15-28(16-20-30)26-11-7-4-8-12-26)31(23-24)37-38-32(35)29-17-13-27(14-18-29)25-9-5-3-6-10-25/h3-20,24,31H,21-23H2,1-2H3. The summed E-state index contributed by atoms with van der Waals surface area (Å²) in [5.74, 6) is -0.879. The van der Waals surface area contributed by atoms with Crippen LogP contribution in [0.2, 0.25) is 0 Å². The molecular weight excluding hydrogens is 504 g/mol. The lowest BCUT2D eigenvalue weighted by atomic mass is 9.78. The van der Waals surface area contributed by atoms with Crippen LogP contribution in [0.5, 0.6) is 0 Å². The van der Waals surface area contributed by atoms with Crippen molar-refractivity contribution in [3.05, 3.63) is 120 Å². The zero-order valence-electron chi connectivity index (χ0n) is 22.6. The molecule has 0 aliphatic heterocycles. The zero-order chi connectivity index (χ0) is 28.0. The van der Waals surface area contributed by atoms with Gasteiger partial charge < -0.3 is 0 Å². The Labute approximate surface area is 234 Å². The molecule has 0 radical (unpaired) electrons. The fraction of sp³-hybridized carbons (Fsp3) is 0.235. The van der Waals surface area contributed by atoms with Gasteiger partial charge in [-0.2, -0.15) is 9.78 Å². The molecule has 0 amide bonds. The predicted molar refractivity (Wildman–Crippen MR) is 152 cm³/mol. The Bertz CT molecular complexity index is 1420. The van der Waals surface area contributed by atoms with Gasteiger partial charge in [0.15, 0.2) is 0 Å². The van der Waals surface area contributed by atoms with Gasteiger partial charge in [-0.1, -0.05) is 91.9 Å². The molecule has 0 bridgehead atoms. The van der Waals surface area contributed by atoms with Gasteiger partial charge in [0.1, 0.15) is 11.7 Å². The van der Waals surface area contributed by atoms with Gasteiger partial charge >= 0.3 is 11.9 Å². The number of benzene rings is 4. The van der Waals surface area contributed by atoms with E-state index < -0.39 is 23.6 Å². The van der Waals surface area contributed by atoms with Gasteiger partial charge in [0.25, 0.3) is 0 Å². The van der Waals surface area contributed by atoms with Crippen LogP contribution in [0.15, 0.2) is 109 Å². The molecule has 40 heavy (non-hydrogen) atoms. The summed E-state index contributed by atoms with van der Waals surface area (Å²) < 4.78 is 0. The highest BCUT2D eigenvalue weighted by atomic mass is 17.2. The van der Waals surface area contributed by atoms with Crippen LogP contribution in [0.4, 0.5) is 0 Å². The Morgan fingerprint density at radius 2 is 1.10 bits per heavy atom. The minimum absolute atomic E-state index is 0.326. The van der Waals surface area contributed by atoms with Crippen LogP contribution in [-0.2, 0) is 19.6 Å². The van der Waals surface area contributed by atoms with Crippen molar-refractivity contribution < 1.29 is 29.1 Å². The van der Waals surface area contributed by atoms with Crippen molar-refractivity contribution in [1.29, 1.82) is 0 Å². The monoisotopic (exact) mass is 536 g/mol. The van der Waals surface area contributed by atoms with E-state index in [0.29, 0.717) is 29.9 Å². The van der Waals surface area contributed by atoms with Gasteiger partial charge in [0.05, 0.1) is 11.1 Å². The normalized spacial score (nSPS) is 20.4. The molecule has 1 fully saturated rings. The zero-order valence-corrected chi connectivity index (χ0v) is 22.6. The minimum atomic E-state index is -0.983. The van der Waals surface area contributed by atoms with E-state index in [4.69, 9.17) is 19.6 Å². The molecule has 0 N–H and O–H groups in total. The molecule has 4 aromatic rings. The first-order valence-electron chi connectivity index (χ1n) is 13.5. The maximum Gasteiger partial charge on any atom is 0.373 e. The van der Waals surface area contributed by atoms with Crippen molar-refractivity contribution in [3.63, 3.8) is 0 Å². The lowest BCUT2D eigenvalue weighted by Gasteiger charge is -2.39. The third-order valence-electron chi connectivity index (χ3n) is 7.43. The molecule has 0 spiro atoms. The van der Waals surface area contributed by atoms with E-state index in [1.54, 1.807) is 31.2 Å². The maximum absolute atomic E-state index is 12.8. The second-order valence-corrected chi connectivity index (χ2v) is 10.5. The molecule has 5 rings (SSSR count). The molecule has 4 aromatic carbocycles. The Balaban J connectivity index is 1.19. The predicted octanol–water partition coefficient (Wildman–Crippen LogP) is 7.84. The second kappa shape index (κ2) is 12.3. The second-order valence-electron chi connectivity index (χ2n) is 10.5. The van der Waals surface area contributed by atoms with Gasteiger partial charge in [0, 0.05) is 0 Å². The van der Waals surface area contributed by atoms with Gasteiger partial charge in [-0.15, -0.1) is 0 Å². The van der Waals surface area contributed by atoms with Crippen LogP contribution in [-0.4, -0.2) is 23.6 Å². The number of rotatable bonds is 8. The summed E-state index contributed by atoms with van der Waals surface area (Å²) in [5.41, 5.74) is 3.87. The molecule has 6 nitrogen and oxygen atoms in total. The molecule has 6 heteroatoms. The Hall–Kier alpha value is -4.26. The average Bonchev–Trinajstić information content (AvgIpc) is 3.01. The summed E-state index contributed by atoms with van der Waals surface area (Å²) in [7, 11) is 0. The summed E-state index contributed by atoms with van der Waals surface area (Å²) in [5, 5.41) is 0. The van der Waals surface area contributed by atoms with E-state index in [1.165, 1.54) is 0 Å². The van der Waals surface area contributed by atoms with Crippen molar-refractivity contribution in [2.45, 2.75) is 44.8 Å². The highest BCUT2D eigenvalue weighted by molar-refractivity contribution is 5.90. The fourth-order valence-electron chi connectivity index (χ4n) is 4.85. The first-order chi connectivity index (χ1) is 19.4. The highest BCUT2D eigenvalue weighted by Crippen LogP contribution is 2.37. The maximum atomic E-state index is 12.8. The molecular formula is C34H32O6. The molecule has 0 aromatic heterocycles. The largest absolute Gasteiger partial charge is 0.373 e. The Morgan fingerprint density at radius 3 is 1.60 bits per heavy atom. The van der Waals surface area contributed by atoms with Crippen LogP contribution >= 0.6 is 0 Å². The van der Waals surface area contributed by atoms with Crippen molar-refractivity contribution in [1.82, 2.24) is 0 Å². The van der Waals surface area contributed by atoms with Crippen molar-refractivity contribution in [2.24, 2.45) is 5.92 Å². The average molecular weight is 537 g/mol. The van der Waals surface area contributed by atoms with E-state index in [-0.39, 0.29) is 0 Å². The first kappa shape index (κ1) is 27.3. The van der Waals surface area contributed by atoms with Gasteiger partial charge in [0.2, 0.25) is 0 Å². The molecule has 1 saturated carbocycles. The summed E-state index contributed by atoms with van der Waals surface area (Å²) >= 11 is 0. The molecule has 3 unspecified atom stereocenters. The smallest absolute Gasteiger partial charge is 0.292 e. The van der Waals surface area contributed by atoms with Crippen molar-refractivity contribution >= 4 is 11.9 Å². The number of hydrogen-bond donors (Lipinski definition) is 0. The summed E-state index contributed by atoms with van der Waals surface area (Å²) in [4.78, 5) is 47.3. The summed E-state index contributed by atoms with van der Waals surface area (Å²) in [6.45, 7) is 3.90. The number of carbonyl (C=O) groups excluding carboxylic acids is 2. The number of hydrogen-bond acceptors (Lipinski definition) is 6. The number of carbonyl (C=O) groups is 2. The van der Waals surface area contributed by atoms with E-state index in [9.17, 15) is 9.59 Å². The Kier molecular flexibility index (Phi) is 8.39. The van der Waals surface area contributed by atoms with E-state index >= 15 is 0 Å². The first-order valence-corrected chi connectivity index (χ1v) is 13.5. The van der Waals surface area contributed by atoms with Crippen LogP contribution in [0.25, 0.3) is 22.3 Å².